The molecule has 1 N–H and O–H groups in total. The van der Waals surface area contributed by atoms with E-state index < -0.39 is 0 Å². The standard InChI is InChI=1S/C8H11NO2/c1-11-6-4-7-3-2-5-9-8(7)10/h2-3,5H,4,6H2,1H3,(H,9,10). The van der Waals surface area contributed by atoms with Gasteiger partial charge in [-0.05, 0) is 6.07 Å². The summed E-state index contributed by atoms with van der Waals surface area (Å²) in [5, 5.41) is 0. The molecule has 0 amide bonds. The number of hydrogen-bond donors (Lipinski definition) is 1. The van der Waals surface area contributed by atoms with Crippen LogP contribution in [0, 0.1) is 0 Å². The predicted molar refractivity (Wildman–Crippen MR) is 42.6 cm³/mol. The monoisotopic (exact) mass is 153 g/mol. The summed E-state index contributed by atoms with van der Waals surface area (Å²) < 4.78 is 4.85. The number of H-pyrrole nitrogens is 1. The first-order valence-corrected chi connectivity index (χ1v) is 3.50. The molecule has 11 heavy (non-hydrogen) atoms. The van der Waals surface area contributed by atoms with Crippen molar-refractivity contribution in [2.45, 2.75) is 6.42 Å². The number of ether oxygens (including phenoxy) is 1. The van der Waals surface area contributed by atoms with E-state index in [4.69, 9.17) is 4.74 Å². The SMILES string of the molecule is COCCc1ccc[nH]c1=O. The van der Waals surface area contributed by atoms with Crippen molar-refractivity contribution >= 4 is 0 Å². The highest BCUT2D eigenvalue weighted by molar-refractivity contribution is 5.08. The summed E-state index contributed by atoms with van der Waals surface area (Å²) in [6.07, 6.45) is 2.30. The van der Waals surface area contributed by atoms with Crippen LogP contribution in [0.25, 0.3) is 0 Å². The third-order valence-corrected chi connectivity index (χ3v) is 1.48. The first-order chi connectivity index (χ1) is 5.34. The van der Waals surface area contributed by atoms with E-state index in [9.17, 15) is 4.79 Å². The van der Waals surface area contributed by atoms with Gasteiger partial charge in [-0.1, -0.05) is 6.07 Å². The molecule has 0 aliphatic carbocycles. The van der Waals surface area contributed by atoms with Crippen LogP contribution in [0.4, 0.5) is 0 Å². The Hall–Kier alpha value is -1.09. The molecule has 3 nitrogen and oxygen atoms in total. The Morgan fingerprint density at radius 3 is 3.09 bits per heavy atom. The van der Waals surface area contributed by atoms with E-state index in [1.807, 2.05) is 6.07 Å². The molecule has 0 fully saturated rings. The molecular formula is C8H11NO2. The molecule has 0 aliphatic rings. The number of methoxy groups -OCH3 is 1. The van der Waals surface area contributed by atoms with Crippen LogP contribution in [-0.2, 0) is 11.2 Å². The van der Waals surface area contributed by atoms with Gasteiger partial charge in [0.15, 0.2) is 0 Å². The molecule has 1 aromatic rings. The van der Waals surface area contributed by atoms with Crippen molar-refractivity contribution in [2.75, 3.05) is 13.7 Å². The van der Waals surface area contributed by atoms with E-state index >= 15 is 0 Å². The van der Waals surface area contributed by atoms with Gasteiger partial charge in [0.2, 0.25) is 0 Å². The summed E-state index contributed by atoms with van der Waals surface area (Å²) in [4.78, 5) is 13.6. The van der Waals surface area contributed by atoms with Crippen LogP contribution < -0.4 is 5.56 Å². The van der Waals surface area contributed by atoms with Gasteiger partial charge in [0.05, 0.1) is 6.61 Å². The summed E-state index contributed by atoms with van der Waals surface area (Å²) >= 11 is 0. The van der Waals surface area contributed by atoms with Crippen molar-refractivity contribution < 1.29 is 4.74 Å². The molecule has 0 spiro atoms. The summed E-state index contributed by atoms with van der Waals surface area (Å²) in [7, 11) is 1.62. The zero-order valence-corrected chi connectivity index (χ0v) is 6.46. The van der Waals surface area contributed by atoms with E-state index in [0.717, 1.165) is 5.56 Å². The van der Waals surface area contributed by atoms with E-state index in [-0.39, 0.29) is 5.56 Å². The minimum Gasteiger partial charge on any atom is -0.384 e. The number of pyridine rings is 1. The lowest BCUT2D eigenvalue weighted by molar-refractivity contribution is 0.202. The van der Waals surface area contributed by atoms with Crippen LogP contribution in [0.5, 0.6) is 0 Å². The van der Waals surface area contributed by atoms with Crippen molar-refractivity contribution in [3.05, 3.63) is 34.2 Å². The summed E-state index contributed by atoms with van der Waals surface area (Å²) in [5.41, 5.74) is 0.749. The highest BCUT2D eigenvalue weighted by Gasteiger charge is 1.95. The molecule has 1 heterocycles. The molecule has 1 rings (SSSR count). The van der Waals surface area contributed by atoms with Gasteiger partial charge < -0.3 is 9.72 Å². The number of aromatic nitrogens is 1. The molecule has 0 unspecified atom stereocenters. The fourth-order valence-corrected chi connectivity index (χ4v) is 0.865. The Bertz CT molecular complexity index is 267. The van der Waals surface area contributed by atoms with E-state index in [2.05, 4.69) is 4.98 Å². The van der Waals surface area contributed by atoms with Gasteiger partial charge in [-0.25, -0.2) is 0 Å². The minimum atomic E-state index is -0.0236. The van der Waals surface area contributed by atoms with Crippen LogP contribution in [0.2, 0.25) is 0 Å². The Balaban J connectivity index is 2.70. The first kappa shape index (κ1) is 8.01. The number of hydrogen-bond acceptors (Lipinski definition) is 2. The highest BCUT2D eigenvalue weighted by atomic mass is 16.5. The zero-order valence-electron chi connectivity index (χ0n) is 6.46. The average molecular weight is 153 g/mol. The van der Waals surface area contributed by atoms with Crippen molar-refractivity contribution in [3.63, 3.8) is 0 Å². The number of aromatic amines is 1. The Morgan fingerprint density at radius 2 is 2.45 bits per heavy atom. The molecule has 0 saturated carbocycles. The van der Waals surface area contributed by atoms with Gasteiger partial charge in [0, 0.05) is 25.3 Å². The van der Waals surface area contributed by atoms with Crippen LogP contribution in [0.3, 0.4) is 0 Å². The smallest absolute Gasteiger partial charge is 0.251 e. The van der Waals surface area contributed by atoms with Crippen LogP contribution >= 0.6 is 0 Å². The Kier molecular flexibility index (Phi) is 2.86. The lowest BCUT2D eigenvalue weighted by atomic mass is 10.2. The maximum absolute atomic E-state index is 11.0. The second-order valence-corrected chi connectivity index (χ2v) is 2.27. The lowest BCUT2D eigenvalue weighted by Crippen LogP contribution is -2.12. The van der Waals surface area contributed by atoms with Crippen LogP contribution in [0.15, 0.2) is 23.1 Å². The summed E-state index contributed by atoms with van der Waals surface area (Å²) in [5.74, 6) is 0. The zero-order chi connectivity index (χ0) is 8.10. The number of nitrogens with one attached hydrogen (secondary N) is 1. The van der Waals surface area contributed by atoms with Gasteiger partial charge in [0.25, 0.3) is 5.56 Å². The molecule has 0 bridgehead atoms. The lowest BCUT2D eigenvalue weighted by Gasteiger charge is -1.96. The summed E-state index contributed by atoms with van der Waals surface area (Å²) in [6.45, 7) is 0.590. The second-order valence-electron chi connectivity index (χ2n) is 2.27. The first-order valence-electron chi connectivity index (χ1n) is 3.50. The van der Waals surface area contributed by atoms with Crippen molar-refractivity contribution in [1.29, 1.82) is 0 Å². The Morgan fingerprint density at radius 1 is 1.64 bits per heavy atom. The quantitative estimate of drug-likeness (QED) is 0.689. The van der Waals surface area contributed by atoms with Crippen molar-refractivity contribution in [2.24, 2.45) is 0 Å². The summed E-state index contributed by atoms with van der Waals surface area (Å²) in [6, 6.07) is 3.62. The van der Waals surface area contributed by atoms with Gasteiger partial charge in [-0.3, -0.25) is 4.79 Å². The predicted octanol–water partition coefficient (Wildman–Crippen LogP) is 0.564. The normalized spacial score (nSPS) is 9.91. The average Bonchev–Trinajstić information content (AvgIpc) is 2.03. The Labute approximate surface area is 65.0 Å². The molecule has 0 atom stereocenters. The molecule has 0 aromatic carbocycles. The van der Waals surface area contributed by atoms with Gasteiger partial charge in [-0.15, -0.1) is 0 Å². The third-order valence-electron chi connectivity index (χ3n) is 1.48. The molecule has 0 aliphatic heterocycles. The van der Waals surface area contributed by atoms with E-state index in [1.54, 1.807) is 19.4 Å². The minimum absolute atomic E-state index is 0.0236. The molecule has 3 heteroatoms. The van der Waals surface area contributed by atoms with E-state index in [0.29, 0.717) is 13.0 Å². The molecule has 0 radical (unpaired) electrons. The number of rotatable bonds is 3. The van der Waals surface area contributed by atoms with Crippen LogP contribution in [-0.4, -0.2) is 18.7 Å². The maximum atomic E-state index is 11.0. The second kappa shape index (κ2) is 3.93. The van der Waals surface area contributed by atoms with E-state index in [1.165, 1.54) is 0 Å². The van der Waals surface area contributed by atoms with Crippen molar-refractivity contribution in [3.8, 4) is 0 Å². The topological polar surface area (TPSA) is 42.1 Å². The van der Waals surface area contributed by atoms with Gasteiger partial charge >= 0.3 is 0 Å². The van der Waals surface area contributed by atoms with Gasteiger partial charge in [-0.2, -0.15) is 0 Å². The fourth-order valence-electron chi connectivity index (χ4n) is 0.865. The largest absolute Gasteiger partial charge is 0.384 e. The maximum Gasteiger partial charge on any atom is 0.251 e. The molecule has 60 valence electrons. The molecular weight excluding hydrogens is 142 g/mol. The molecule has 1 aromatic heterocycles. The van der Waals surface area contributed by atoms with Crippen molar-refractivity contribution in [1.82, 2.24) is 4.98 Å². The molecule has 0 saturated heterocycles. The van der Waals surface area contributed by atoms with Gasteiger partial charge in [0.1, 0.15) is 0 Å². The fraction of sp³-hybridized carbons (Fsp3) is 0.375. The van der Waals surface area contributed by atoms with Crippen LogP contribution in [0.1, 0.15) is 5.56 Å². The third kappa shape index (κ3) is 2.20. The highest BCUT2D eigenvalue weighted by Crippen LogP contribution is 1.90.